The first-order valence-electron chi connectivity index (χ1n) is 8.62. The number of aromatic amines is 2. The van der Waals surface area contributed by atoms with E-state index in [4.69, 9.17) is 16.3 Å². The molecule has 0 saturated carbocycles. The second kappa shape index (κ2) is 7.16. The molecule has 0 radical (unpaired) electrons. The molecule has 0 spiro atoms. The Balaban J connectivity index is 1.41. The number of halogens is 3. The molecule has 2 heterocycles. The van der Waals surface area contributed by atoms with Crippen LogP contribution in [0.2, 0.25) is 5.02 Å². The molecule has 0 aliphatic heterocycles. The van der Waals surface area contributed by atoms with Crippen LogP contribution in [0, 0.1) is 18.6 Å². The van der Waals surface area contributed by atoms with E-state index >= 15 is 0 Å². The van der Waals surface area contributed by atoms with Crippen LogP contribution in [-0.4, -0.2) is 22.6 Å². The molecule has 144 valence electrons. The summed E-state index contributed by atoms with van der Waals surface area (Å²) >= 11 is 6.10. The number of aryl methyl sites for hydroxylation is 1. The van der Waals surface area contributed by atoms with Crippen LogP contribution in [0.3, 0.4) is 0 Å². The molecular weight excluding hydrogens is 388 g/mol. The second-order valence-corrected chi connectivity index (χ2v) is 6.82. The lowest BCUT2D eigenvalue weighted by Crippen LogP contribution is -2.28. The molecule has 2 aromatic carbocycles. The summed E-state index contributed by atoms with van der Waals surface area (Å²) in [7, 11) is 0. The molecule has 0 unspecified atom stereocenters. The van der Waals surface area contributed by atoms with Crippen molar-refractivity contribution in [1.29, 1.82) is 0 Å². The Hall–Kier alpha value is -3.06. The number of hydrogen-bond donors (Lipinski definition) is 3. The van der Waals surface area contributed by atoms with Crippen molar-refractivity contribution in [3.63, 3.8) is 0 Å². The number of nitrogens with one attached hydrogen (secondary N) is 3. The first kappa shape index (κ1) is 18.3. The van der Waals surface area contributed by atoms with Crippen molar-refractivity contribution >= 4 is 39.5 Å². The van der Waals surface area contributed by atoms with Crippen LogP contribution in [0.15, 0.2) is 36.4 Å². The average molecular weight is 404 g/mol. The third-order valence-corrected chi connectivity index (χ3v) is 4.95. The van der Waals surface area contributed by atoms with Gasteiger partial charge in [0.05, 0.1) is 10.5 Å². The maximum atomic E-state index is 13.9. The van der Waals surface area contributed by atoms with E-state index in [-0.39, 0.29) is 17.9 Å². The Morgan fingerprint density at radius 1 is 1.18 bits per heavy atom. The van der Waals surface area contributed by atoms with Gasteiger partial charge in [0.1, 0.15) is 0 Å². The van der Waals surface area contributed by atoms with E-state index in [1.54, 1.807) is 25.1 Å². The first-order valence-corrected chi connectivity index (χ1v) is 9.00. The van der Waals surface area contributed by atoms with Gasteiger partial charge in [-0.05, 0) is 43.2 Å². The van der Waals surface area contributed by atoms with Crippen molar-refractivity contribution in [3.8, 4) is 5.88 Å². The Morgan fingerprint density at radius 2 is 2.00 bits per heavy atom. The third kappa shape index (κ3) is 3.29. The zero-order valence-electron chi connectivity index (χ0n) is 14.8. The summed E-state index contributed by atoms with van der Waals surface area (Å²) in [6, 6.07) is 9.64. The van der Waals surface area contributed by atoms with Crippen molar-refractivity contribution in [2.45, 2.75) is 13.3 Å². The van der Waals surface area contributed by atoms with Crippen molar-refractivity contribution in [2.24, 2.45) is 0 Å². The van der Waals surface area contributed by atoms with Crippen LogP contribution < -0.4 is 10.1 Å². The molecule has 3 N–H and O–H groups in total. The Kier molecular flexibility index (Phi) is 4.68. The van der Waals surface area contributed by atoms with Crippen LogP contribution in [-0.2, 0) is 6.42 Å². The summed E-state index contributed by atoms with van der Waals surface area (Å²) in [4.78, 5) is 17.9. The maximum absolute atomic E-state index is 13.9. The molecule has 0 bridgehead atoms. The number of hydrogen-bond acceptors (Lipinski definition) is 2. The Labute approximate surface area is 163 Å². The molecule has 2 aromatic heterocycles. The monoisotopic (exact) mass is 403 g/mol. The summed E-state index contributed by atoms with van der Waals surface area (Å²) in [5.74, 6) is -1.53. The van der Waals surface area contributed by atoms with Crippen molar-refractivity contribution < 1.29 is 18.3 Å². The molecule has 28 heavy (non-hydrogen) atoms. The largest absolute Gasteiger partial charge is 0.413 e. The van der Waals surface area contributed by atoms with Crippen LogP contribution in [0.1, 0.15) is 11.3 Å². The minimum atomic E-state index is -0.906. The number of benzene rings is 2. The van der Waals surface area contributed by atoms with Crippen molar-refractivity contribution in [3.05, 3.63) is 64.3 Å². The SMILES string of the molecule is Cc1[nH]c2c(F)c(F)ccc2c1CCNC(=O)Oc1cc2c(Cl)cccc2[nH]1. The van der Waals surface area contributed by atoms with Gasteiger partial charge in [0.15, 0.2) is 11.6 Å². The fourth-order valence-electron chi connectivity index (χ4n) is 3.28. The highest BCUT2D eigenvalue weighted by Gasteiger charge is 2.15. The molecule has 0 aliphatic rings. The predicted molar refractivity (Wildman–Crippen MR) is 104 cm³/mol. The highest BCUT2D eigenvalue weighted by molar-refractivity contribution is 6.35. The van der Waals surface area contributed by atoms with Gasteiger partial charge in [-0.3, -0.25) is 0 Å². The molecule has 1 amide bonds. The number of ether oxygens (including phenoxy) is 1. The summed E-state index contributed by atoms with van der Waals surface area (Å²) in [5, 5.41) is 4.56. The first-order chi connectivity index (χ1) is 13.4. The highest BCUT2D eigenvalue weighted by Crippen LogP contribution is 2.28. The minimum Gasteiger partial charge on any atom is -0.393 e. The number of amides is 1. The van der Waals surface area contributed by atoms with Gasteiger partial charge in [0, 0.05) is 34.6 Å². The molecule has 0 fully saturated rings. The van der Waals surface area contributed by atoms with Gasteiger partial charge in [0.25, 0.3) is 0 Å². The quantitative estimate of drug-likeness (QED) is 0.437. The van der Waals surface area contributed by atoms with Gasteiger partial charge in [-0.15, -0.1) is 0 Å². The smallest absolute Gasteiger partial charge is 0.393 e. The van der Waals surface area contributed by atoms with Crippen LogP contribution in [0.5, 0.6) is 5.88 Å². The standard InChI is InChI=1S/C20H16ClF2N3O2/c1-10-11(12-5-6-15(22)18(23)19(12)25-10)7-8-24-20(27)28-17-9-13-14(21)3-2-4-16(13)26-17/h2-6,9,25-26H,7-8H2,1H3,(H,24,27). The minimum absolute atomic E-state index is 0.130. The van der Waals surface area contributed by atoms with Crippen LogP contribution in [0.25, 0.3) is 21.8 Å². The van der Waals surface area contributed by atoms with E-state index in [2.05, 4.69) is 15.3 Å². The third-order valence-electron chi connectivity index (χ3n) is 4.62. The predicted octanol–water partition coefficient (Wildman–Crippen LogP) is 5.22. The van der Waals surface area contributed by atoms with Crippen molar-refractivity contribution in [1.82, 2.24) is 15.3 Å². The molecule has 8 heteroatoms. The number of H-pyrrole nitrogens is 2. The van der Waals surface area contributed by atoms with Gasteiger partial charge in [-0.25, -0.2) is 13.6 Å². The highest BCUT2D eigenvalue weighted by atomic mass is 35.5. The van der Waals surface area contributed by atoms with Gasteiger partial charge in [-0.1, -0.05) is 17.7 Å². The summed E-state index contributed by atoms with van der Waals surface area (Å²) in [6.45, 7) is 2.05. The number of fused-ring (bicyclic) bond motifs is 2. The Morgan fingerprint density at radius 3 is 2.79 bits per heavy atom. The van der Waals surface area contributed by atoms with E-state index in [9.17, 15) is 13.6 Å². The second-order valence-electron chi connectivity index (χ2n) is 6.41. The van der Waals surface area contributed by atoms with Crippen molar-refractivity contribution in [2.75, 3.05) is 6.54 Å². The van der Waals surface area contributed by atoms with Crippen LogP contribution >= 0.6 is 11.6 Å². The molecular formula is C20H16ClF2N3O2. The van der Waals surface area contributed by atoms with E-state index in [0.29, 0.717) is 16.8 Å². The maximum Gasteiger partial charge on any atom is 0.413 e. The Bertz CT molecular complexity index is 1200. The fourth-order valence-corrected chi connectivity index (χ4v) is 3.51. The zero-order chi connectivity index (χ0) is 19.8. The fraction of sp³-hybridized carbons (Fsp3) is 0.150. The number of aromatic nitrogens is 2. The molecule has 0 saturated heterocycles. The van der Waals surface area contributed by atoms with Gasteiger partial charge in [0.2, 0.25) is 5.88 Å². The molecule has 4 aromatic rings. The van der Waals surface area contributed by atoms with E-state index in [0.717, 1.165) is 28.2 Å². The molecule has 5 nitrogen and oxygen atoms in total. The van der Waals surface area contributed by atoms with Crippen LogP contribution in [0.4, 0.5) is 13.6 Å². The summed E-state index contributed by atoms with van der Waals surface area (Å²) in [5.41, 5.74) is 2.43. The lowest BCUT2D eigenvalue weighted by molar-refractivity contribution is 0.199. The number of carbonyl (C=O) groups excluding carboxylic acids is 1. The number of carbonyl (C=O) groups is 1. The van der Waals surface area contributed by atoms with Gasteiger partial charge >= 0.3 is 6.09 Å². The summed E-state index contributed by atoms with van der Waals surface area (Å²) < 4.78 is 32.5. The molecule has 0 atom stereocenters. The lowest BCUT2D eigenvalue weighted by Gasteiger charge is -2.06. The zero-order valence-corrected chi connectivity index (χ0v) is 15.6. The van der Waals surface area contributed by atoms with E-state index < -0.39 is 17.7 Å². The van der Waals surface area contributed by atoms with Gasteiger partial charge < -0.3 is 20.0 Å². The lowest BCUT2D eigenvalue weighted by atomic mass is 10.1. The van der Waals surface area contributed by atoms with Gasteiger partial charge in [-0.2, -0.15) is 0 Å². The normalized spacial score (nSPS) is 11.3. The summed E-state index contributed by atoms with van der Waals surface area (Å²) in [6.07, 6.45) is -0.192. The molecule has 4 rings (SSSR count). The van der Waals surface area contributed by atoms with E-state index in [1.165, 1.54) is 6.07 Å². The molecule has 0 aliphatic carbocycles. The topological polar surface area (TPSA) is 69.9 Å². The average Bonchev–Trinajstić information content (AvgIpc) is 3.20. The van der Waals surface area contributed by atoms with E-state index in [1.807, 2.05) is 6.07 Å². The number of rotatable bonds is 4.